The zero-order chi connectivity index (χ0) is 11.5. The second kappa shape index (κ2) is 4.82. The molecule has 5 nitrogen and oxygen atoms in total. The molecule has 2 atom stereocenters. The SMILES string of the molecule is CCN(CC)c1noc([C@@H]2CNC[C@H]2C)n1. The Bertz CT molecular complexity index is 334. The summed E-state index contributed by atoms with van der Waals surface area (Å²) in [6, 6.07) is 0. The molecule has 0 radical (unpaired) electrons. The molecule has 0 saturated carbocycles. The fourth-order valence-corrected chi connectivity index (χ4v) is 2.15. The van der Waals surface area contributed by atoms with Gasteiger partial charge in [0.2, 0.25) is 5.89 Å². The fourth-order valence-electron chi connectivity index (χ4n) is 2.15. The van der Waals surface area contributed by atoms with Gasteiger partial charge in [0.1, 0.15) is 0 Å². The number of anilines is 1. The smallest absolute Gasteiger partial charge is 0.266 e. The molecular weight excluding hydrogens is 204 g/mol. The molecule has 0 amide bonds. The highest BCUT2D eigenvalue weighted by atomic mass is 16.5. The van der Waals surface area contributed by atoms with Crippen molar-refractivity contribution in [3.05, 3.63) is 5.89 Å². The third-order valence-electron chi connectivity index (χ3n) is 3.31. The van der Waals surface area contributed by atoms with E-state index in [1.54, 1.807) is 0 Å². The zero-order valence-electron chi connectivity index (χ0n) is 10.2. The van der Waals surface area contributed by atoms with E-state index in [9.17, 15) is 0 Å². The number of nitrogens with one attached hydrogen (secondary N) is 1. The van der Waals surface area contributed by atoms with Crippen molar-refractivity contribution in [1.82, 2.24) is 15.5 Å². The van der Waals surface area contributed by atoms with Gasteiger partial charge in [-0.15, -0.1) is 0 Å². The average molecular weight is 224 g/mol. The Hall–Kier alpha value is -1.10. The number of nitrogens with zero attached hydrogens (tertiary/aromatic N) is 3. The van der Waals surface area contributed by atoms with Crippen molar-refractivity contribution < 1.29 is 4.52 Å². The van der Waals surface area contributed by atoms with Gasteiger partial charge >= 0.3 is 0 Å². The highest BCUT2D eigenvalue weighted by Gasteiger charge is 2.29. The summed E-state index contributed by atoms with van der Waals surface area (Å²) in [4.78, 5) is 6.59. The van der Waals surface area contributed by atoms with Crippen LogP contribution in [0.15, 0.2) is 4.52 Å². The van der Waals surface area contributed by atoms with Gasteiger partial charge in [-0.3, -0.25) is 0 Å². The molecule has 1 saturated heterocycles. The second-order valence-electron chi connectivity index (χ2n) is 4.35. The summed E-state index contributed by atoms with van der Waals surface area (Å²) >= 11 is 0. The van der Waals surface area contributed by atoms with Crippen LogP contribution < -0.4 is 10.2 Å². The van der Waals surface area contributed by atoms with Crippen LogP contribution in [0.4, 0.5) is 5.95 Å². The van der Waals surface area contributed by atoms with E-state index < -0.39 is 0 Å². The summed E-state index contributed by atoms with van der Waals surface area (Å²) in [6.07, 6.45) is 0. The van der Waals surface area contributed by atoms with Gasteiger partial charge < -0.3 is 14.7 Å². The first-order valence-electron chi connectivity index (χ1n) is 6.05. The molecular formula is C11H20N4O. The van der Waals surface area contributed by atoms with E-state index in [2.05, 4.69) is 41.1 Å². The van der Waals surface area contributed by atoms with Crippen LogP contribution in [-0.4, -0.2) is 36.3 Å². The van der Waals surface area contributed by atoms with E-state index in [4.69, 9.17) is 4.52 Å². The van der Waals surface area contributed by atoms with Gasteiger partial charge in [-0.2, -0.15) is 4.98 Å². The van der Waals surface area contributed by atoms with Gasteiger partial charge in [0.25, 0.3) is 5.95 Å². The first-order chi connectivity index (χ1) is 7.76. The highest BCUT2D eigenvalue weighted by molar-refractivity contribution is 5.27. The minimum Gasteiger partial charge on any atom is -0.339 e. The van der Waals surface area contributed by atoms with E-state index in [0.717, 1.165) is 38.0 Å². The summed E-state index contributed by atoms with van der Waals surface area (Å²) in [7, 11) is 0. The van der Waals surface area contributed by atoms with Gasteiger partial charge in [0.05, 0.1) is 5.92 Å². The lowest BCUT2D eigenvalue weighted by Crippen LogP contribution is -2.23. The largest absolute Gasteiger partial charge is 0.339 e. The third kappa shape index (κ3) is 2.04. The second-order valence-corrected chi connectivity index (χ2v) is 4.35. The van der Waals surface area contributed by atoms with Gasteiger partial charge in [-0.05, 0) is 31.5 Å². The van der Waals surface area contributed by atoms with Crippen LogP contribution in [0.2, 0.25) is 0 Å². The summed E-state index contributed by atoms with van der Waals surface area (Å²) < 4.78 is 5.36. The normalized spacial score (nSPS) is 24.9. The molecule has 0 aliphatic carbocycles. The zero-order valence-corrected chi connectivity index (χ0v) is 10.2. The lowest BCUT2D eigenvalue weighted by Gasteiger charge is -2.14. The van der Waals surface area contributed by atoms with Gasteiger partial charge in [-0.1, -0.05) is 6.92 Å². The Kier molecular flexibility index (Phi) is 3.43. The molecule has 1 fully saturated rings. The predicted molar refractivity (Wildman–Crippen MR) is 62.6 cm³/mol. The number of aromatic nitrogens is 2. The summed E-state index contributed by atoms with van der Waals surface area (Å²) in [5, 5.41) is 7.39. The molecule has 1 aliphatic heterocycles. The molecule has 1 aliphatic rings. The van der Waals surface area contributed by atoms with Gasteiger partial charge in [0.15, 0.2) is 0 Å². The molecule has 1 aromatic heterocycles. The van der Waals surface area contributed by atoms with E-state index >= 15 is 0 Å². The van der Waals surface area contributed by atoms with Crippen molar-refractivity contribution in [1.29, 1.82) is 0 Å². The van der Waals surface area contributed by atoms with Crippen molar-refractivity contribution >= 4 is 5.95 Å². The molecule has 1 N–H and O–H groups in total. The number of hydrogen-bond donors (Lipinski definition) is 1. The Morgan fingerprint density at radius 1 is 1.38 bits per heavy atom. The Morgan fingerprint density at radius 2 is 2.12 bits per heavy atom. The van der Waals surface area contributed by atoms with Gasteiger partial charge in [-0.25, -0.2) is 0 Å². The topological polar surface area (TPSA) is 54.2 Å². The van der Waals surface area contributed by atoms with Crippen LogP contribution in [0.25, 0.3) is 0 Å². The molecule has 90 valence electrons. The predicted octanol–water partition coefficient (Wildman–Crippen LogP) is 1.24. The van der Waals surface area contributed by atoms with Crippen molar-refractivity contribution in [3.8, 4) is 0 Å². The van der Waals surface area contributed by atoms with E-state index in [1.807, 2.05) is 0 Å². The maximum Gasteiger partial charge on any atom is 0.266 e. The highest BCUT2D eigenvalue weighted by Crippen LogP contribution is 2.27. The molecule has 16 heavy (non-hydrogen) atoms. The van der Waals surface area contributed by atoms with Crippen LogP contribution >= 0.6 is 0 Å². The summed E-state index contributed by atoms with van der Waals surface area (Å²) in [5.41, 5.74) is 0. The molecule has 0 aromatic carbocycles. The summed E-state index contributed by atoms with van der Waals surface area (Å²) in [6.45, 7) is 10.2. The molecule has 2 heterocycles. The van der Waals surface area contributed by atoms with E-state index in [-0.39, 0.29) is 0 Å². The van der Waals surface area contributed by atoms with Crippen LogP contribution in [0, 0.1) is 5.92 Å². The standard InChI is InChI=1S/C11H20N4O/c1-4-15(5-2)11-13-10(16-14-11)9-7-12-6-8(9)3/h8-9,12H,4-7H2,1-3H3/t8-,9-/m1/s1. The van der Waals surface area contributed by atoms with Crippen molar-refractivity contribution in [2.75, 3.05) is 31.1 Å². The van der Waals surface area contributed by atoms with Crippen molar-refractivity contribution in [2.24, 2.45) is 5.92 Å². The van der Waals surface area contributed by atoms with Gasteiger partial charge in [0, 0.05) is 19.6 Å². The monoisotopic (exact) mass is 224 g/mol. The lowest BCUT2D eigenvalue weighted by molar-refractivity contribution is 0.339. The van der Waals surface area contributed by atoms with Crippen molar-refractivity contribution in [3.63, 3.8) is 0 Å². The average Bonchev–Trinajstić information content (AvgIpc) is 2.89. The molecule has 5 heteroatoms. The molecule has 0 spiro atoms. The Labute approximate surface area is 96.2 Å². The van der Waals surface area contributed by atoms with Crippen LogP contribution in [0.5, 0.6) is 0 Å². The molecule has 0 bridgehead atoms. The maximum absolute atomic E-state index is 5.36. The van der Waals surface area contributed by atoms with E-state index in [0.29, 0.717) is 11.8 Å². The lowest BCUT2D eigenvalue weighted by atomic mass is 9.98. The Morgan fingerprint density at radius 3 is 2.69 bits per heavy atom. The number of rotatable bonds is 4. The minimum atomic E-state index is 0.372. The minimum absolute atomic E-state index is 0.372. The molecule has 2 rings (SSSR count). The quantitative estimate of drug-likeness (QED) is 0.834. The maximum atomic E-state index is 5.36. The van der Waals surface area contributed by atoms with E-state index in [1.165, 1.54) is 0 Å². The first-order valence-corrected chi connectivity index (χ1v) is 6.05. The number of hydrogen-bond acceptors (Lipinski definition) is 5. The van der Waals surface area contributed by atoms with Crippen LogP contribution in [0.1, 0.15) is 32.6 Å². The molecule has 1 aromatic rings. The molecule has 0 unspecified atom stereocenters. The van der Waals surface area contributed by atoms with Crippen molar-refractivity contribution in [2.45, 2.75) is 26.7 Å². The fraction of sp³-hybridized carbons (Fsp3) is 0.818. The third-order valence-corrected chi connectivity index (χ3v) is 3.31. The van der Waals surface area contributed by atoms with Crippen LogP contribution in [-0.2, 0) is 0 Å². The van der Waals surface area contributed by atoms with Crippen LogP contribution in [0.3, 0.4) is 0 Å². The summed E-state index contributed by atoms with van der Waals surface area (Å²) in [5.74, 6) is 2.44. The first kappa shape index (κ1) is 11.4. The Balaban J connectivity index is 2.12.